The van der Waals surface area contributed by atoms with Crippen molar-refractivity contribution in [2.75, 3.05) is 13.1 Å². The van der Waals surface area contributed by atoms with Crippen molar-refractivity contribution < 1.29 is 4.79 Å². The maximum atomic E-state index is 12.6. The summed E-state index contributed by atoms with van der Waals surface area (Å²) in [5.74, 6) is 1.30. The molecule has 1 saturated heterocycles. The second-order valence-electron chi connectivity index (χ2n) is 6.51. The summed E-state index contributed by atoms with van der Waals surface area (Å²) in [5, 5.41) is 15.3. The summed E-state index contributed by atoms with van der Waals surface area (Å²) in [6.45, 7) is 5.80. The molecule has 2 aromatic heterocycles. The average Bonchev–Trinajstić information content (AvgIpc) is 3.24. The van der Waals surface area contributed by atoms with Crippen molar-refractivity contribution in [1.82, 2.24) is 39.5 Å². The molecule has 1 aliphatic rings. The second kappa shape index (κ2) is 7.16. The van der Waals surface area contributed by atoms with Crippen LogP contribution in [0.15, 0.2) is 11.1 Å². The molecule has 3 rings (SSSR count). The van der Waals surface area contributed by atoms with Gasteiger partial charge >= 0.3 is 5.69 Å². The summed E-state index contributed by atoms with van der Waals surface area (Å²) in [5.41, 5.74) is -0.0691. The molecule has 10 nitrogen and oxygen atoms in total. The molecule has 0 spiro atoms. The highest BCUT2D eigenvalue weighted by Gasteiger charge is 2.28. The van der Waals surface area contributed by atoms with E-state index >= 15 is 0 Å². The fourth-order valence-corrected chi connectivity index (χ4v) is 3.36. The Bertz CT molecular complexity index is 770. The minimum atomic E-state index is -0.396. The molecule has 1 atom stereocenters. The number of likely N-dealkylation sites (tertiary alicyclic amines) is 1. The number of hydrogen-bond donors (Lipinski definition) is 0. The lowest BCUT2D eigenvalue weighted by Crippen LogP contribution is -2.42. The predicted octanol–water partition coefficient (Wildman–Crippen LogP) is -0.369. The first kappa shape index (κ1) is 17.3. The number of amides is 1. The molecule has 0 aromatic carbocycles. The number of carbonyl (C=O) groups is 1. The molecule has 0 bridgehead atoms. The Morgan fingerprint density at radius 3 is 2.68 bits per heavy atom. The Balaban J connectivity index is 1.58. The largest absolute Gasteiger partial charge is 0.345 e. The van der Waals surface area contributed by atoms with Crippen molar-refractivity contribution in [2.45, 2.75) is 45.7 Å². The molecule has 0 aliphatic carbocycles. The van der Waals surface area contributed by atoms with E-state index in [1.54, 1.807) is 18.5 Å². The van der Waals surface area contributed by atoms with Crippen molar-refractivity contribution in [3.05, 3.63) is 22.6 Å². The monoisotopic (exact) mass is 348 g/mol. The standard InChI is InChI=1S/C15H24N8O2/c1-4-22-13(17-20(3)15(22)25)9-12-5-7-21(8-6-12)14(24)11(2)23-10-16-18-19-23/h10-12H,4-9H2,1-3H3/t11-/m0/s1. The van der Waals surface area contributed by atoms with E-state index in [1.807, 2.05) is 11.8 Å². The lowest BCUT2D eigenvalue weighted by Gasteiger charge is -2.33. The molecule has 0 saturated carbocycles. The van der Waals surface area contributed by atoms with Gasteiger partial charge in [-0.2, -0.15) is 5.10 Å². The van der Waals surface area contributed by atoms with Gasteiger partial charge in [-0.15, -0.1) is 5.10 Å². The molecular formula is C15H24N8O2. The molecule has 0 N–H and O–H groups in total. The molecule has 0 radical (unpaired) electrons. The van der Waals surface area contributed by atoms with Crippen molar-refractivity contribution in [3.8, 4) is 0 Å². The summed E-state index contributed by atoms with van der Waals surface area (Å²) in [6, 6.07) is -0.396. The minimum Gasteiger partial charge on any atom is -0.341 e. The Labute approximate surface area is 145 Å². The van der Waals surface area contributed by atoms with E-state index in [0.29, 0.717) is 25.6 Å². The van der Waals surface area contributed by atoms with Crippen LogP contribution in [0.3, 0.4) is 0 Å². The molecule has 10 heteroatoms. The molecule has 25 heavy (non-hydrogen) atoms. The molecule has 1 amide bonds. The fraction of sp³-hybridized carbons (Fsp3) is 0.733. The van der Waals surface area contributed by atoms with Gasteiger partial charge in [-0.3, -0.25) is 9.36 Å². The van der Waals surface area contributed by atoms with Crippen molar-refractivity contribution in [3.63, 3.8) is 0 Å². The van der Waals surface area contributed by atoms with Gasteiger partial charge in [-0.05, 0) is 43.0 Å². The van der Waals surface area contributed by atoms with E-state index in [1.165, 1.54) is 15.7 Å². The number of aryl methyl sites for hydroxylation is 1. The van der Waals surface area contributed by atoms with Gasteiger partial charge in [0.15, 0.2) is 0 Å². The van der Waals surface area contributed by atoms with Crippen LogP contribution in [0.1, 0.15) is 38.6 Å². The van der Waals surface area contributed by atoms with Gasteiger partial charge in [0.2, 0.25) is 5.91 Å². The third-order valence-electron chi connectivity index (χ3n) is 4.92. The number of aromatic nitrogens is 7. The summed E-state index contributed by atoms with van der Waals surface area (Å²) in [4.78, 5) is 26.4. The van der Waals surface area contributed by atoms with Gasteiger partial charge in [-0.25, -0.2) is 14.2 Å². The summed E-state index contributed by atoms with van der Waals surface area (Å²) >= 11 is 0. The van der Waals surface area contributed by atoms with Gasteiger partial charge in [0.05, 0.1) is 0 Å². The van der Waals surface area contributed by atoms with Crippen LogP contribution in [-0.2, 0) is 24.8 Å². The minimum absolute atomic E-state index is 0.0362. The van der Waals surface area contributed by atoms with Gasteiger partial charge < -0.3 is 4.90 Å². The lowest BCUT2D eigenvalue weighted by molar-refractivity contribution is -0.136. The quantitative estimate of drug-likeness (QED) is 0.730. The molecule has 2 aromatic rings. The van der Waals surface area contributed by atoms with Crippen LogP contribution in [0.25, 0.3) is 0 Å². The van der Waals surface area contributed by atoms with Gasteiger partial charge in [0.1, 0.15) is 18.2 Å². The van der Waals surface area contributed by atoms with E-state index in [-0.39, 0.29) is 11.6 Å². The number of hydrogen-bond acceptors (Lipinski definition) is 6. The average molecular weight is 348 g/mol. The number of piperidine rings is 1. The molecule has 3 heterocycles. The second-order valence-corrected chi connectivity index (χ2v) is 6.51. The van der Waals surface area contributed by atoms with Crippen LogP contribution in [0.4, 0.5) is 0 Å². The zero-order chi connectivity index (χ0) is 18.0. The third-order valence-corrected chi connectivity index (χ3v) is 4.92. The number of rotatable bonds is 5. The van der Waals surface area contributed by atoms with Crippen molar-refractivity contribution >= 4 is 5.91 Å². The van der Waals surface area contributed by atoms with Crippen molar-refractivity contribution in [2.24, 2.45) is 13.0 Å². The first-order valence-electron chi connectivity index (χ1n) is 8.65. The Kier molecular flexibility index (Phi) is 4.95. The zero-order valence-electron chi connectivity index (χ0n) is 14.9. The summed E-state index contributed by atoms with van der Waals surface area (Å²) in [7, 11) is 1.68. The van der Waals surface area contributed by atoms with E-state index in [9.17, 15) is 9.59 Å². The normalized spacial score (nSPS) is 17.0. The maximum absolute atomic E-state index is 12.6. The molecule has 136 valence electrons. The number of tetrazole rings is 1. The topological polar surface area (TPSA) is 104 Å². The van der Waals surface area contributed by atoms with E-state index in [0.717, 1.165) is 25.1 Å². The number of nitrogens with zero attached hydrogens (tertiary/aromatic N) is 8. The summed E-state index contributed by atoms with van der Waals surface area (Å²) < 4.78 is 4.59. The van der Waals surface area contributed by atoms with Crippen LogP contribution in [0.5, 0.6) is 0 Å². The maximum Gasteiger partial charge on any atom is 0.345 e. The molecule has 1 fully saturated rings. The number of carbonyl (C=O) groups excluding carboxylic acids is 1. The van der Waals surface area contributed by atoms with E-state index in [4.69, 9.17) is 0 Å². The highest BCUT2D eigenvalue weighted by molar-refractivity contribution is 5.80. The lowest BCUT2D eigenvalue weighted by atomic mass is 9.93. The Morgan fingerprint density at radius 2 is 2.08 bits per heavy atom. The van der Waals surface area contributed by atoms with E-state index < -0.39 is 6.04 Å². The third kappa shape index (κ3) is 3.47. The smallest absolute Gasteiger partial charge is 0.341 e. The Morgan fingerprint density at radius 1 is 1.36 bits per heavy atom. The predicted molar refractivity (Wildman–Crippen MR) is 88.7 cm³/mol. The highest BCUT2D eigenvalue weighted by atomic mass is 16.2. The Hall–Kier alpha value is -2.52. The highest BCUT2D eigenvalue weighted by Crippen LogP contribution is 2.22. The first-order chi connectivity index (χ1) is 12.0. The molecular weight excluding hydrogens is 324 g/mol. The molecule has 0 unspecified atom stereocenters. The van der Waals surface area contributed by atoms with Crippen LogP contribution in [0.2, 0.25) is 0 Å². The van der Waals surface area contributed by atoms with Gasteiger partial charge in [-0.1, -0.05) is 0 Å². The SMILES string of the molecule is CCn1c(CC2CCN(C(=O)[C@H](C)n3cnnn3)CC2)nn(C)c1=O. The van der Waals surface area contributed by atoms with Gasteiger partial charge in [0, 0.05) is 33.1 Å². The van der Waals surface area contributed by atoms with Crippen LogP contribution >= 0.6 is 0 Å². The van der Waals surface area contributed by atoms with Crippen LogP contribution in [-0.4, -0.2) is 58.5 Å². The molecule has 1 aliphatic heterocycles. The van der Waals surface area contributed by atoms with Crippen LogP contribution < -0.4 is 5.69 Å². The first-order valence-corrected chi connectivity index (χ1v) is 8.65. The van der Waals surface area contributed by atoms with Crippen molar-refractivity contribution in [1.29, 1.82) is 0 Å². The van der Waals surface area contributed by atoms with Gasteiger partial charge in [0.25, 0.3) is 0 Å². The van der Waals surface area contributed by atoms with E-state index in [2.05, 4.69) is 20.6 Å². The fourth-order valence-electron chi connectivity index (χ4n) is 3.36. The van der Waals surface area contributed by atoms with Crippen LogP contribution in [0, 0.1) is 5.92 Å². The zero-order valence-corrected chi connectivity index (χ0v) is 14.9. The summed E-state index contributed by atoms with van der Waals surface area (Å²) in [6.07, 6.45) is 4.04.